The second-order valence-corrected chi connectivity index (χ2v) is 5.22. The Morgan fingerprint density at radius 2 is 2.12 bits per heavy atom. The molecule has 2 aliphatic rings. The Kier molecular flexibility index (Phi) is 4.18. The van der Waals surface area contributed by atoms with Crippen LogP contribution in [0.25, 0.3) is 0 Å². The molecule has 1 aliphatic carbocycles. The van der Waals surface area contributed by atoms with Crippen LogP contribution in [0.5, 0.6) is 0 Å². The number of nitrogens with one attached hydrogen (secondary N) is 2. The summed E-state index contributed by atoms with van der Waals surface area (Å²) >= 11 is 0. The van der Waals surface area contributed by atoms with Gasteiger partial charge in [0.05, 0.1) is 6.10 Å². The van der Waals surface area contributed by atoms with E-state index in [4.69, 9.17) is 0 Å². The van der Waals surface area contributed by atoms with Crippen molar-refractivity contribution in [1.29, 1.82) is 0 Å². The number of carbonyl (C=O) groups excluding carboxylic acids is 1. The fraction of sp³-hybridized carbons (Fsp3) is 0.917. The first kappa shape index (κ1) is 11.9. The summed E-state index contributed by atoms with van der Waals surface area (Å²) in [7, 11) is 0. The number of hydrogen-bond donors (Lipinski definition) is 3. The molecule has 0 aromatic carbocycles. The van der Waals surface area contributed by atoms with Crippen molar-refractivity contribution in [3.05, 3.63) is 0 Å². The van der Waals surface area contributed by atoms with Crippen molar-refractivity contribution in [2.45, 2.75) is 38.2 Å². The lowest BCUT2D eigenvalue weighted by atomic mass is 9.87. The van der Waals surface area contributed by atoms with E-state index in [1.54, 1.807) is 0 Å². The number of aliphatic hydroxyl groups excluding tert-OH is 1. The summed E-state index contributed by atoms with van der Waals surface area (Å²) in [5, 5.41) is 15.7. The largest absolute Gasteiger partial charge is 0.393 e. The van der Waals surface area contributed by atoms with E-state index >= 15 is 0 Å². The Hall–Kier alpha value is -0.610. The molecule has 0 radical (unpaired) electrons. The van der Waals surface area contributed by atoms with E-state index in [9.17, 15) is 9.90 Å². The normalized spacial score (nSPS) is 30.8. The van der Waals surface area contributed by atoms with Gasteiger partial charge in [0.1, 0.15) is 0 Å². The lowest BCUT2D eigenvalue weighted by Gasteiger charge is -2.28. The molecule has 0 spiro atoms. The SMILES string of the molecule is O=C(CC1CNC1)NCC1CCCC(O)C1. The van der Waals surface area contributed by atoms with Crippen LogP contribution >= 0.6 is 0 Å². The summed E-state index contributed by atoms with van der Waals surface area (Å²) in [6.45, 7) is 2.71. The van der Waals surface area contributed by atoms with E-state index in [1.165, 1.54) is 0 Å². The van der Waals surface area contributed by atoms with E-state index < -0.39 is 0 Å². The van der Waals surface area contributed by atoms with Crippen molar-refractivity contribution < 1.29 is 9.90 Å². The molecule has 3 N–H and O–H groups in total. The molecule has 2 atom stereocenters. The summed E-state index contributed by atoms with van der Waals surface area (Å²) < 4.78 is 0. The molecule has 92 valence electrons. The number of carbonyl (C=O) groups is 1. The van der Waals surface area contributed by atoms with Crippen LogP contribution in [0.4, 0.5) is 0 Å². The maximum atomic E-state index is 11.6. The van der Waals surface area contributed by atoms with Crippen LogP contribution in [0.1, 0.15) is 32.1 Å². The summed E-state index contributed by atoms with van der Waals surface area (Å²) in [6, 6.07) is 0. The zero-order valence-electron chi connectivity index (χ0n) is 9.74. The van der Waals surface area contributed by atoms with Gasteiger partial charge in [-0.1, -0.05) is 6.42 Å². The lowest BCUT2D eigenvalue weighted by Crippen LogP contribution is -2.45. The van der Waals surface area contributed by atoms with E-state index in [0.717, 1.165) is 45.3 Å². The topological polar surface area (TPSA) is 61.4 Å². The maximum absolute atomic E-state index is 11.6. The summed E-state index contributed by atoms with van der Waals surface area (Å²) in [5.41, 5.74) is 0. The third kappa shape index (κ3) is 3.46. The molecule has 2 rings (SSSR count). The van der Waals surface area contributed by atoms with Crippen molar-refractivity contribution in [2.75, 3.05) is 19.6 Å². The van der Waals surface area contributed by atoms with Crippen LogP contribution in [0.2, 0.25) is 0 Å². The van der Waals surface area contributed by atoms with Gasteiger partial charge in [0.25, 0.3) is 0 Å². The van der Waals surface area contributed by atoms with Gasteiger partial charge in [-0.3, -0.25) is 4.79 Å². The number of hydrogen-bond acceptors (Lipinski definition) is 3. The molecule has 1 heterocycles. The minimum Gasteiger partial charge on any atom is -0.393 e. The minimum absolute atomic E-state index is 0.147. The zero-order chi connectivity index (χ0) is 11.4. The monoisotopic (exact) mass is 226 g/mol. The Balaban J connectivity index is 1.60. The van der Waals surface area contributed by atoms with Crippen molar-refractivity contribution in [3.8, 4) is 0 Å². The van der Waals surface area contributed by atoms with Gasteiger partial charge in [-0.25, -0.2) is 0 Å². The smallest absolute Gasteiger partial charge is 0.220 e. The number of aliphatic hydroxyl groups is 1. The third-order valence-electron chi connectivity index (χ3n) is 3.68. The Bertz CT molecular complexity index is 241. The van der Waals surface area contributed by atoms with Crippen molar-refractivity contribution >= 4 is 5.91 Å². The highest BCUT2D eigenvalue weighted by molar-refractivity contribution is 5.76. The summed E-state index contributed by atoms with van der Waals surface area (Å²) in [6.07, 6.45) is 4.52. The standard InChI is InChI=1S/C12H22N2O2/c15-11-3-1-2-9(4-11)8-14-12(16)5-10-6-13-7-10/h9-11,13,15H,1-8H2,(H,14,16). The summed E-state index contributed by atoms with van der Waals surface area (Å²) in [5.74, 6) is 1.19. The highest BCUT2D eigenvalue weighted by Gasteiger charge is 2.22. The molecule has 1 amide bonds. The minimum atomic E-state index is -0.147. The van der Waals surface area contributed by atoms with Gasteiger partial charge in [-0.05, 0) is 44.2 Å². The van der Waals surface area contributed by atoms with Gasteiger partial charge >= 0.3 is 0 Å². The molecule has 0 aromatic heterocycles. The first-order chi connectivity index (χ1) is 7.74. The molecule has 1 aliphatic heterocycles. The number of rotatable bonds is 4. The highest BCUT2D eigenvalue weighted by atomic mass is 16.3. The van der Waals surface area contributed by atoms with Crippen LogP contribution in [-0.4, -0.2) is 36.8 Å². The molecule has 2 fully saturated rings. The fourth-order valence-corrected chi connectivity index (χ4v) is 2.53. The van der Waals surface area contributed by atoms with Gasteiger partial charge in [0, 0.05) is 13.0 Å². The van der Waals surface area contributed by atoms with Crippen molar-refractivity contribution in [2.24, 2.45) is 11.8 Å². The van der Waals surface area contributed by atoms with Gasteiger partial charge in [0.15, 0.2) is 0 Å². The van der Waals surface area contributed by atoms with Crippen molar-refractivity contribution in [1.82, 2.24) is 10.6 Å². The predicted molar refractivity (Wildman–Crippen MR) is 62.0 cm³/mol. The van der Waals surface area contributed by atoms with Crippen LogP contribution < -0.4 is 10.6 Å². The lowest BCUT2D eigenvalue weighted by molar-refractivity contribution is -0.122. The molecule has 2 unspecified atom stereocenters. The van der Waals surface area contributed by atoms with E-state index in [-0.39, 0.29) is 12.0 Å². The Morgan fingerprint density at radius 1 is 1.31 bits per heavy atom. The fourth-order valence-electron chi connectivity index (χ4n) is 2.53. The molecular weight excluding hydrogens is 204 g/mol. The number of amides is 1. The van der Waals surface area contributed by atoms with E-state index in [1.807, 2.05) is 0 Å². The van der Waals surface area contributed by atoms with Crippen LogP contribution in [-0.2, 0) is 4.79 Å². The quantitative estimate of drug-likeness (QED) is 0.644. The first-order valence-electron chi connectivity index (χ1n) is 6.39. The van der Waals surface area contributed by atoms with E-state index in [2.05, 4.69) is 10.6 Å². The zero-order valence-corrected chi connectivity index (χ0v) is 9.74. The van der Waals surface area contributed by atoms with Crippen LogP contribution in [0.15, 0.2) is 0 Å². The molecule has 16 heavy (non-hydrogen) atoms. The Labute approximate surface area is 96.8 Å². The van der Waals surface area contributed by atoms with Gasteiger partial charge in [-0.15, -0.1) is 0 Å². The van der Waals surface area contributed by atoms with Gasteiger partial charge in [-0.2, -0.15) is 0 Å². The molecule has 1 saturated heterocycles. The summed E-state index contributed by atoms with van der Waals surface area (Å²) in [4.78, 5) is 11.6. The molecule has 1 saturated carbocycles. The van der Waals surface area contributed by atoms with Crippen LogP contribution in [0.3, 0.4) is 0 Å². The second kappa shape index (κ2) is 5.64. The third-order valence-corrected chi connectivity index (χ3v) is 3.68. The van der Waals surface area contributed by atoms with E-state index in [0.29, 0.717) is 18.3 Å². The highest BCUT2D eigenvalue weighted by Crippen LogP contribution is 2.23. The molecule has 0 aromatic rings. The van der Waals surface area contributed by atoms with Gasteiger partial charge < -0.3 is 15.7 Å². The predicted octanol–water partition coefficient (Wildman–Crippen LogP) is 0.263. The molecule has 0 bridgehead atoms. The second-order valence-electron chi connectivity index (χ2n) is 5.22. The molecule has 4 nitrogen and oxygen atoms in total. The molecular formula is C12H22N2O2. The van der Waals surface area contributed by atoms with Crippen LogP contribution in [0, 0.1) is 11.8 Å². The maximum Gasteiger partial charge on any atom is 0.220 e. The Morgan fingerprint density at radius 3 is 2.75 bits per heavy atom. The van der Waals surface area contributed by atoms with Crippen molar-refractivity contribution in [3.63, 3.8) is 0 Å². The average Bonchev–Trinajstić information content (AvgIpc) is 2.21. The van der Waals surface area contributed by atoms with Gasteiger partial charge in [0.2, 0.25) is 5.91 Å². The average molecular weight is 226 g/mol. The first-order valence-corrected chi connectivity index (χ1v) is 6.39. The molecule has 4 heteroatoms.